The summed E-state index contributed by atoms with van der Waals surface area (Å²) in [5.41, 5.74) is 16.7. The molecule has 0 bridgehead atoms. The molecule has 1 aliphatic rings. The molecule has 8 aromatic heterocycles. The van der Waals surface area contributed by atoms with Gasteiger partial charge in [0.05, 0.1) is 0 Å². The monoisotopic (exact) mass is 1290 g/mol. The second kappa shape index (κ2) is 29.3. The molecule has 0 N–H and O–H groups in total. The summed E-state index contributed by atoms with van der Waals surface area (Å²) in [4.78, 5) is 19.8. The molecule has 0 nitrogen and oxygen atoms in total. The second-order valence-corrected chi connectivity index (χ2v) is 32.8. The molecular weight excluding hydrogens is 1210 g/mol. The molecule has 0 atom stereocenters. The van der Waals surface area contributed by atoms with Crippen molar-refractivity contribution in [3.8, 4) is 90.5 Å². The number of aryl methyl sites for hydroxylation is 4. The van der Waals surface area contributed by atoms with Gasteiger partial charge in [-0.25, -0.2) is 0 Å². The van der Waals surface area contributed by atoms with Crippen LogP contribution in [0.4, 0.5) is 0 Å². The molecule has 0 amide bonds. The van der Waals surface area contributed by atoms with E-state index in [2.05, 4.69) is 198 Å². The highest BCUT2D eigenvalue weighted by Gasteiger charge is 2.36. The number of benzene rings is 3. The first-order valence-corrected chi connectivity index (χ1v) is 39.2. The Labute approximate surface area is 552 Å². The summed E-state index contributed by atoms with van der Waals surface area (Å²) in [5, 5.41) is 4.58. The average molecular weight is 1290 g/mol. The van der Waals surface area contributed by atoms with Crippen LogP contribution in [-0.4, -0.2) is 0 Å². The zero-order valence-corrected chi connectivity index (χ0v) is 58.5. The van der Waals surface area contributed by atoms with Crippen LogP contribution in [0.25, 0.3) is 103 Å². The number of fused-ring (bicyclic) bond motifs is 3. The predicted octanol–water partition coefficient (Wildman–Crippen LogP) is 28.5. The Morgan fingerprint density at radius 1 is 0.299 bits per heavy atom. The van der Waals surface area contributed by atoms with Crippen LogP contribution in [-0.2, 0) is 31.1 Å². The van der Waals surface area contributed by atoms with E-state index in [0.29, 0.717) is 0 Å². The first kappa shape index (κ1) is 62.2. The minimum atomic E-state index is -0.120. The maximum absolute atomic E-state index is 2.54. The van der Waals surface area contributed by atoms with Crippen molar-refractivity contribution in [3.05, 3.63) is 189 Å². The van der Waals surface area contributed by atoms with Gasteiger partial charge in [-0.2, -0.15) is 0 Å². The summed E-state index contributed by atoms with van der Waals surface area (Å²) < 4.78 is 0. The van der Waals surface area contributed by atoms with Gasteiger partial charge >= 0.3 is 0 Å². The minimum Gasteiger partial charge on any atom is -0.143 e. The number of unbranched alkanes of at least 4 members (excludes halogenated alkanes) is 12. The molecule has 11 aromatic rings. The number of thiophene rings is 8. The lowest BCUT2D eigenvalue weighted by molar-refractivity contribution is 0.660. The Morgan fingerprint density at radius 3 is 1.13 bits per heavy atom. The van der Waals surface area contributed by atoms with Crippen LogP contribution in [0.15, 0.2) is 144 Å². The van der Waals surface area contributed by atoms with Gasteiger partial charge in [0.1, 0.15) is 0 Å². The van der Waals surface area contributed by atoms with Crippen LogP contribution >= 0.6 is 90.7 Å². The van der Waals surface area contributed by atoms with Crippen molar-refractivity contribution >= 4 is 103 Å². The molecule has 0 radical (unpaired) electrons. The van der Waals surface area contributed by atoms with Gasteiger partial charge in [-0.15, -0.1) is 90.7 Å². The van der Waals surface area contributed by atoms with Crippen molar-refractivity contribution in [2.75, 3.05) is 0 Å². The van der Waals surface area contributed by atoms with Gasteiger partial charge in [0.25, 0.3) is 0 Å². The summed E-state index contributed by atoms with van der Waals surface area (Å²) in [6, 6.07) is 52.6. The Balaban J connectivity index is 0.737. The van der Waals surface area contributed by atoms with Gasteiger partial charge in [-0.05, 0) is 208 Å². The van der Waals surface area contributed by atoms with Gasteiger partial charge < -0.3 is 0 Å². The lowest BCUT2D eigenvalue weighted by Crippen LogP contribution is -2.15. The van der Waals surface area contributed by atoms with E-state index in [4.69, 9.17) is 0 Å². The quantitative estimate of drug-likeness (QED) is 0.0311. The normalized spacial score (nSPS) is 12.8. The molecule has 12 rings (SSSR count). The summed E-state index contributed by atoms with van der Waals surface area (Å²) in [6.07, 6.45) is 29.9. The average Bonchev–Trinajstić information content (AvgIpc) is 1.62. The first-order chi connectivity index (χ1) is 42.7. The molecule has 0 aliphatic heterocycles. The summed E-state index contributed by atoms with van der Waals surface area (Å²) in [5.74, 6) is 0. The van der Waals surface area contributed by atoms with E-state index in [1.807, 2.05) is 90.7 Å². The van der Waals surface area contributed by atoms with Gasteiger partial charge in [-0.1, -0.05) is 185 Å². The zero-order chi connectivity index (χ0) is 59.7. The standard InChI is InChI=1S/C79H84S8/c1-7-11-15-19-23-56-45-47-80-75(56)69-41-37-65(82-69)67-39-43-71(84-67)77-59(25-21-17-13-9-3)51-73(86-77)55-32-29-53(30-33-55)27-28-54-31-35-61-62-36-34-58(50-64(62)79(5,6)63(61)49-54)74-52-60(26-22-18-14-10-4)78(87-74)72-44-40-68(85-72)66-38-42-70(83-66)76-57(46-48-81-76)24-20-16-12-8-2/h27-52H,7-26H2,1-6H3. The van der Waals surface area contributed by atoms with Crippen molar-refractivity contribution in [2.24, 2.45) is 0 Å². The number of rotatable bonds is 30. The third-order valence-electron chi connectivity index (χ3n) is 17.8. The molecule has 448 valence electrons. The van der Waals surface area contributed by atoms with Crippen LogP contribution in [0.2, 0.25) is 0 Å². The first-order valence-electron chi connectivity index (χ1n) is 32.6. The van der Waals surface area contributed by atoms with Gasteiger partial charge in [0.15, 0.2) is 0 Å². The van der Waals surface area contributed by atoms with Crippen LogP contribution < -0.4 is 0 Å². The molecule has 0 fully saturated rings. The smallest absolute Gasteiger partial charge is 0.0481 e. The fourth-order valence-corrected chi connectivity index (χ4v) is 21.9. The molecular formula is C79H84S8. The third-order valence-corrected chi connectivity index (χ3v) is 27.6. The number of hydrogen-bond donors (Lipinski definition) is 0. The van der Waals surface area contributed by atoms with E-state index >= 15 is 0 Å². The zero-order valence-electron chi connectivity index (χ0n) is 51.9. The topological polar surface area (TPSA) is 0 Å². The molecule has 0 unspecified atom stereocenters. The van der Waals surface area contributed by atoms with E-state index in [1.54, 1.807) is 0 Å². The van der Waals surface area contributed by atoms with E-state index in [-0.39, 0.29) is 5.41 Å². The van der Waals surface area contributed by atoms with Crippen molar-refractivity contribution in [3.63, 3.8) is 0 Å². The van der Waals surface area contributed by atoms with Crippen molar-refractivity contribution in [2.45, 2.75) is 175 Å². The molecule has 3 aromatic carbocycles. The summed E-state index contributed by atoms with van der Waals surface area (Å²) in [7, 11) is 0. The SMILES string of the molecule is CCCCCCc1ccsc1-c1ccc(-c2ccc(-c3sc(-c4ccc(C=Cc5ccc6c(c5)C(C)(C)c5cc(-c7cc(CCCCCC)c(-c8ccc(-c9ccc(-c%10sccc%10CCCCCC)s9)s8)s7)ccc5-6)cc4)cc3CCCCCC)s2)s1. The maximum atomic E-state index is 2.54. The van der Waals surface area contributed by atoms with Crippen LogP contribution in [0.1, 0.15) is 189 Å². The lowest BCUT2D eigenvalue weighted by atomic mass is 9.81. The van der Waals surface area contributed by atoms with Crippen LogP contribution in [0.5, 0.6) is 0 Å². The van der Waals surface area contributed by atoms with E-state index in [0.717, 1.165) is 12.8 Å². The van der Waals surface area contributed by atoms with E-state index < -0.39 is 0 Å². The van der Waals surface area contributed by atoms with E-state index in [9.17, 15) is 0 Å². The summed E-state index contributed by atoms with van der Waals surface area (Å²) >= 11 is 15.7. The largest absolute Gasteiger partial charge is 0.143 e. The van der Waals surface area contributed by atoms with Gasteiger partial charge in [-0.3, -0.25) is 0 Å². The highest BCUT2D eigenvalue weighted by Crippen LogP contribution is 2.53. The van der Waals surface area contributed by atoms with Crippen molar-refractivity contribution in [1.29, 1.82) is 0 Å². The fraction of sp³-hybridized carbons (Fsp3) is 0.342. The Bertz CT molecular complexity index is 4040. The van der Waals surface area contributed by atoms with Crippen molar-refractivity contribution in [1.82, 2.24) is 0 Å². The Hall–Kier alpha value is -5.00. The number of hydrogen-bond acceptors (Lipinski definition) is 8. The van der Waals surface area contributed by atoms with Crippen LogP contribution in [0, 0.1) is 0 Å². The second-order valence-electron chi connectivity index (χ2n) is 24.5. The maximum Gasteiger partial charge on any atom is 0.0481 e. The molecule has 1 aliphatic carbocycles. The Morgan fingerprint density at radius 2 is 0.667 bits per heavy atom. The van der Waals surface area contributed by atoms with Gasteiger partial charge in [0.2, 0.25) is 0 Å². The molecule has 0 saturated heterocycles. The highest BCUT2D eigenvalue weighted by molar-refractivity contribution is 7.30. The molecule has 8 heterocycles. The molecule has 0 saturated carbocycles. The molecule has 87 heavy (non-hydrogen) atoms. The lowest BCUT2D eigenvalue weighted by Gasteiger charge is -2.22. The van der Waals surface area contributed by atoms with Gasteiger partial charge in [0, 0.05) is 73.7 Å². The van der Waals surface area contributed by atoms with Crippen LogP contribution in [0.3, 0.4) is 0 Å². The fourth-order valence-electron chi connectivity index (χ4n) is 12.7. The Kier molecular flexibility index (Phi) is 21.0. The molecule has 8 heteroatoms. The molecule has 0 spiro atoms. The van der Waals surface area contributed by atoms with Crippen molar-refractivity contribution < 1.29 is 0 Å². The highest BCUT2D eigenvalue weighted by atomic mass is 32.1. The van der Waals surface area contributed by atoms with E-state index in [1.165, 1.54) is 251 Å². The third kappa shape index (κ3) is 14.3. The summed E-state index contributed by atoms with van der Waals surface area (Å²) in [6.45, 7) is 14.1. The predicted molar refractivity (Wildman–Crippen MR) is 397 cm³/mol. The minimum absolute atomic E-state index is 0.120.